The normalized spacial score (nSPS) is 18.6. The minimum atomic E-state index is -0.0140. The van der Waals surface area contributed by atoms with E-state index in [9.17, 15) is 4.79 Å². The molecule has 1 aromatic carbocycles. The van der Waals surface area contributed by atoms with E-state index in [4.69, 9.17) is 27.9 Å². The van der Waals surface area contributed by atoms with Gasteiger partial charge in [0.05, 0.1) is 27.4 Å². The molecule has 6 nitrogen and oxygen atoms in total. The van der Waals surface area contributed by atoms with Crippen LogP contribution in [0.4, 0.5) is 5.69 Å². The lowest BCUT2D eigenvalue weighted by molar-refractivity contribution is 0.0950. The Morgan fingerprint density at radius 1 is 1.20 bits per heavy atom. The van der Waals surface area contributed by atoms with Crippen molar-refractivity contribution in [1.29, 1.82) is 0 Å². The van der Waals surface area contributed by atoms with Gasteiger partial charge in [-0.05, 0) is 50.1 Å². The van der Waals surface area contributed by atoms with Crippen molar-refractivity contribution < 1.29 is 9.53 Å². The van der Waals surface area contributed by atoms with Crippen LogP contribution in [-0.4, -0.2) is 67.9 Å². The standard InChI is InChI=1S/C27H34Cl2N4O2/c1-19-22(18-25(31(19)2)20-8-10-21(35-3)11-9-20)27(34)30-12-5-13-32-14-16-33(17-15-32)24-7-4-6-23(28)26(24)29/h4,6-10,18,21H,5,11-17H2,1-3H3,(H,30,34). The van der Waals surface area contributed by atoms with Crippen LogP contribution >= 0.6 is 23.2 Å². The van der Waals surface area contributed by atoms with Gasteiger partial charge in [0.15, 0.2) is 0 Å². The highest BCUT2D eigenvalue weighted by atomic mass is 35.5. The van der Waals surface area contributed by atoms with Gasteiger partial charge in [0, 0.05) is 58.3 Å². The zero-order valence-corrected chi connectivity index (χ0v) is 22.2. The van der Waals surface area contributed by atoms with Crippen molar-refractivity contribution >= 4 is 40.4 Å². The molecular weight excluding hydrogens is 483 g/mol. The molecule has 0 saturated carbocycles. The van der Waals surface area contributed by atoms with Gasteiger partial charge in [0.25, 0.3) is 5.91 Å². The van der Waals surface area contributed by atoms with Gasteiger partial charge in [-0.25, -0.2) is 0 Å². The summed E-state index contributed by atoms with van der Waals surface area (Å²) in [6.45, 7) is 7.35. The molecule has 188 valence electrons. The van der Waals surface area contributed by atoms with E-state index in [0.717, 1.165) is 73.8 Å². The van der Waals surface area contributed by atoms with E-state index in [2.05, 4.69) is 37.9 Å². The predicted molar refractivity (Wildman–Crippen MR) is 145 cm³/mol. The summed E-state index contributed by atoms with van der Waals surface area (Å²) >= 11 is 12.6. The third-order valence-corrected chi connectivity index (χ3v) is 7.83. The van der Waals surface area contributed by atoms with Crippen LogP contribution in [0, 0.1) is 6.92 Å². The molecule has 1 saturated heterocycles. The van der Waals surface area contributed by atoms with Gasteiger partial charge in [-0.2, -0.15) is 0 Å². The fourth-order valence-electron chi connectivity index (χ4n) is 4.72. The molecule has 35 heavy (non-hydrogen) atoms. The van der Waals surface area contributed by atoms with Gasteiger partial charge in [-0.1, -0.05) is 47.5 Å². The summed E-state index contributed by atoms with van der Waals surface area (Å²) in [6, 6.07) is 7.77. The Kier molecular flexibility index (Phi) is 8.60. The molecule has 1 fully saturated rings. The summed E-state index contributed by atoms with van der Waals surface area (Å²) in [6.07, 6.45) is 8.20. The average Bonchev–Trinajstić information content (AvgIpc) is 3.18. The molecule has 1 aliphatic carbocycles. The number of allylic oxidation sites excluding steroid dienone is 2. The fraction of sp³-hybridized carbons (Fsp3) is 0.444. The van der Waals surface area contributed by atoms with Crippen molar-refractivity contribution in [3.05, 3.63) is 69.5 Å². The third-order valence-electron chi connectivity index (χ3n) is 7.02. The Morgan fingerprint density at radius 2 is 1.97 bits per heavy atom. The molecule has 2 heterocycles. The second-order valence-corrected chi connectivity index (χ2v) is 9.91. The number of amides is 1. The number of rotatable bonds is 8. The van der Waals surface area contributed by atoms with Crippen LogP contribution in [0.15, 0.2) is 42.5 Å². The Hall–Kier alpha value is -2.25. The number of piperazine rings is 1. The maximum Gasteiger partial charge on any atom is 0.253 e. The number of nitrogens with zero attached hydrogens (tertiary/aromatic N) is 3. The number of halogens is 2. The quantitative estimate of drug-likeness (QED) is 0.504. The predicted octanol–water partition coefficient (Wildman–Crippen LogP) is 4.94. The van der Waals surface area contributed by atoms with Crippen LogP contribution in [0.1, 0.15) is 34.6 Å². The molecule has 0 bridgehead atoms. The summed E-state index contributed by atoms with van der Waals surface area (Å²) in [5, 5.41) is 4.33. The first-order valence-corrected chi connectivity index (χ1v) is 12.9. The maximum absolute atomic E-state index is 12.9. The van der Waals surface area contributed by atoms with E-state index < -0.39 is 0 Å². The Labute approximate surface area is 218 Å². The molecule has 4 rings (SSSR count). The molecule has 1 unspecified atom stereocenters. The largest absolute Gasteiger partial charge is 0.377 e. The van der Waals surface area contributed by atoms with Gasteiger partial charge < -0.3 is 19.5 Å². The summed E-state index contributed by atoms with van der Waals surface area (Å²) < 4.78 is 7.47. The number of hydrogen-bond donors (Lipinski definition) is 1. The molecule has 2 aliphatic rings. The second kappa shape index (κ2) is 11.7. The number of methoxy groups -OCH3 is 1. The zero-order chi connectivity index (χ0) is 24.9. The lowest BCUT2D eigenvalue weighted by Crippen LogP contribution is -2.47. The average molecular weight is 518 g/mol. The van der Waals surface area contributed by atoms with Crippen molar-refractivity contribution in [1.82, 2.24) is 14.8 Å². The zero-order valence-electron chi connectivity index (χ0n) is 20.7. The Morgan fingerprint density at radius 3 is 2.66 bits per heavy atom. The monoisotopic (exact) mass is 516 g/mol. The van der Waals surface area contributed by atoms with Gasteiger partial charge in [-0.3, -0.25) is 9.69 Å². The van der Waals surface area contributed by atoms with E-state index in [1.807, 2.05) is 38.2 Å². The van der Waals surface area contributed by atoms with Gasteiger partial charge in [-0.15, -0.1) is 0 Å². The summed E-state index contributed by atoms with van der Waals surface area (Å²) in [5.41, 5.74) is 4.88. The van der Waals surface area contributed by atoms with Crippen molar-refractivity contribution in [3.8, 4) is 0 Å². The number of nitrogens with one attached hydrogen (secondary N) is 1. The van der Waals surface area contributed by atoms with Crippen LogP contribution < -0.4 is 10.2 Å². The van der Waals surface area contributed by atoms with E-state index >= 15 is 0 Å². The Bertz CT molecular complexity index is 1120. The van der Waals surface area contributed by atoms with Gasteiger partial charge >= 0.3 is 0 Å². The number of anilines is 1. The number of ether oxygens (including phenoxy) is 1. The molecule has 0 radical (unpaired) electrons. The molecule has 8 heteroatoms. The topological polar surface area (TPSA) is 49.7 Å². The summed E-state index contributed by atoms with van der Waals surface area (Å²) in [4.78, 5) is 17.6. The van der Waals surface area contributed by atoms with Gasteiger partial charge in [0.1, 0.15) is 0 Å². The van der Waals surface area contributed by atoms with Crippen LogP contribution in [0.5, 0.6) is 0 Å². The van der Waals surface area contributed by atoms with E-state index in [-0.39, 0.29) is 12.0 Å². The van der Waals surface area contributed by atoms with Crippen molar-refractivity contribution in [2.24, 2.45) is 7.05 Å². The van der Waals surface area contributed by atoms with Crippen molar-refractivity contribution in [2.75, 3.05) is 51.3 Å². The van der Waals surface area contributed by atoms with Gasteiger partial charge in [0.2, 0.25) is 0 Å². The highest BCUT2D eigenvalue weighted by molar-refractivity contribution is 6.43. The minimum absolute atomic E-state index is 0.0140. The Balaban J connectivity index is 1.23. The summed E-state index contributed by atoms with van der Waals surface area (Å²) in [7, 11) is 3.73. The van der Waals surface area contributed by atoms with Crippen LogP contribution in [0.2, 0.25) is 10.0 Å². The van der Waals surface area contributed by atoms with Crippen molar-refractivity contribution in [2.45, 2.75) is 25.9 Å². The molecule has 0 spiro atoms. The molecule has 2 aromatic rings. The number of aromatic nitrogens is 1. The lowest BCUT2D eigenvalue weighted by atomic mass is 10.0. The fourth-order valence-corrected chi connectivity index (χ4v) is 5.14. The highest BCUT2D eigenvalue weighted by Gasteiger charge is 2.21. The second-order valence-electron chi connectivity index (χ2n) is 9.13. The minimum Gasteiger partial charge on any atom is -0.377 e. The SMILES string of the molecule is COC1C=CC(c2cc(C(=O)NCCCN3CCN(c4cccc(Cl)c4Cl)CC3)c(C)n2C)=CC1. The van der Waals surface area contributed by atoms with Crippen LogP contribution in [-0.2, 0) is 11.8 Å². The van der Waals surface area contributed by atoms with E-state index in [1.54, 1.807) is 7.11 Å². The number of benzene rings is 1. The molecule has 1 atom stereocenters. The molecule has 1 aliphatic heterocycles. The first kappa shape index (κ1) is 25.8. The number of carbonyl (C=O) groups excluding carboxylic acids is 1. The highest BCUT2D eigenvalue weighted by Crippen LogP contribution is 2.33. The third kappa shape index (κ3) is 5.95. The molecule has 1 N–H and O–H groups in total. The molecular formula is C27H34Cl2N4O2. The first-order valence-electron chi connectivity index (χ1n) is 12.2. The van der Waals surface area contributed by atoms with Crippen LogP contribution in [0.3, 0.4) is 0 Å². The number of carbonyl (C=O) groups is 1. The lowest BCUT2D eigenvalue weighted by Gasteiger charge is -2.36. The first-order chi connectivity index (χ1) is 16.9. The molecule has 1 aromatic heterocycles. The number of hydrogen-bond acceptors (Lipinski definition) is 4. The summed E-state index contributed by atoms with van der Waals surface area (Å²) in [5.74, 6) is -0.0140. The maximum atomic E-state index is 12.9. The molecule has 1 amide bonds. The smallest absolute Gasteiger partial charge is 0.253 e. The van der Waals surface area contributed by atoms with E-state index in [0.29, 0.717) is 16.6 Å². The van der Waals surface area contributed by atoms with E-state index in [1.165, 1.54) is 0 Å². The van der Waals surface area contributed by atoms with Crippen LogP contribution in [0.25, 0.3) is 5.57 Å². The van der Waals surface area contributed by atoms with Crippen molar-refractivity contribution in [3.63, 3.8) is 0 Å².